The third-order valence-corrected chi connectivity index (χ3v) is 4.88. The zero-order chi connectivity index (χ0) is 16.8. The fraction of sp³-hybridized carbons (Fsp3) is 0.368. The molecule has 3 nitrogen and oxygen atoms in total. The Labute approximate surface area is 138 Å². The summed E-state index contributed by atoms with van der Waals surface area (Å²) in [6.45, 7) is 10.2. The number of phenolic OH excluding ortho intramolecular Hbond substituents is 1. The number of benzene rings is 2. The first-order chi connectivity index (χ1) is 10.7. The Balaban J connectivity index is 1.97. The molecule has 0 aromatic heterocycles. The van der Waals surface area contributed by atoms with Crippen LogP contribution < -0.4 is 5.46 Å². The fourth-order valence-electron chi connectivity index (χ4n) is 2.71. The molecule has 0 saturated carbocycles. The van der Waals surface area contributed by atoms with Gasteiger partial charge in [0.15, 0.2) is 0 Å². The van der Waals surface area contributed by atoms with E-state index in [0.29, 0.717) is 0 Å². The van der Waals surface area contributed by atoms with E-state index < -0.39 is 7.12 Å². The highest BCUT2D eigenvalue weighted by Crippen LogP contribution is 2.37. The van der Waals surface area contributed by atoms with E-state index in [1.165, 1.54) is 0 Å². The first kappa shape index (κ1) is 16.1. The second kappa shape index (κ2) is 5.39. The molecule has 120 valence electrons. The van der Waals surface area contributed by atoms with Crippen molar-refractivity contribution in [3.05, 3.63) is 48.0 Å². The number of aryl methyl sites for hydroxylation is 1. The second-order valence-electron chi connectivity index (χ2n) is 7.23. The van der Waals surface area contributed by atoms with Crippen molar-refractivity contribution in [2.24, 2.45) is 0 Å². The average molecular weight is 310 g/mol. The maximum absolute atomic E-state index is 10.1. The van der Waals surface area contributed by atoms with E-state index in [0.717, 1.165) is 22.2 Å². The van der Waals surface area contributed by atoms with Crippen LogP contribution in [0.4, 0.5) is 0 Å². The predicted molar refractivity (Wildman–Crippen MR) is 94.0 cm³/mol. The summed E-state index contributed by atoms with van der Waals surface area (Å²) in [5.41, 5.74) is 3.13. The molecule has 0 aliphatic carbocycles. The smallest absolute Gasteiger partial charge is 0.494 e. The van der Waals surface area contributed by atoms with Crippen molar-refractivity contribution < 1.29 is 14.4 Å². The van der Waals surface area contributed by atoms with Crippen molar-refractivity contribution in [2.45, 2.75) is 45.8 Å². The molecule has 4 heteroatoms. The number of hydrogen-bond donors (Lipinski definition) is 1. The van der Waals surface area contributed by atoms with E-state index >= 15 is 0 Å². The molecule has 0 atom stereocenters. The quantitative estimate of drug-likeness (QED) is 0.860. The third kappa shape index (κ3) is 2.89. The van der Waals surface area contributed by atoms with Crippen molar-refractivity contribution >= 4 is 12.6 Å². The van der Waals surface area contributed by atoms with Gasteiger partial charge < -0.3 is 14.4 Å². The Morgan fingerprint density at radius 2 is 1.57 bits per heavy atom. The highest BCUT2D eigenvalue weighted by molar-refractivity contribution is 6.62. The van der Waals surface area contributed by atoms with Crippen molar-refractivity contribution in [2.75, 3.05) is 0 Å². The predicted octanol–water partition coefficient (Wildman–Crippen LogP) is 3.67. The lowest BCUT2D eigenvalue weighted by Gasteiger charge is -2.32. The van der Waals surface area contributed by atoms with E-state index in [-0.39, 0.29) is 17.0 Å². The van der Waals surface area contributed by atoms with Crippen LogP contribution in [0.1, 0.15) is 33.3 Å². The summed E-state index contributed by atoms with van der Waals surface area (Å²) in [5, 5.41) is 10.1. The van der Waals surface area contributed by atoms with Crippen LogP contribution in [0.5, 0.6) is 5.75 Å². The van der Waals surface area contributed by atoms with Gasteiger partial charge in [0.25, 0.3) is 0 Å². The van der Waals surface area contributed by atoms with Gasteiger partial charge in [-0.2, -0.15) is 0 Å². The fourth-order valence-corrected chi connectivity index (χ4v) is 2.71. The summed E-state index contributed by atoms with van der Waals surface area (Å²) in [6.07, 6.45) is 0. The van der Waals surface area contributed by atoms with Gasteiger partial charge in [-0.25, -0.2) is 0 Å². The third-order valence-electron chi connectivity index (χ3n) is 4.88. The molecule has 0 amide bonds. The molecule has 1 saturated heterocycles. The van der Waals surface area contributed by atoms with Gasteiger partial charge in [0.1, 0.15) is 5.75 Å². The normalized spacial score (nSPS) is 19.1. The largest absolute Gasteiger partial charge is 0.507 e. The highest BCUT2D eigenvalue weighted by Gasteiger charge is 2.51. The first-order valence-corrected chi connectivity index (χ1v) is 7.95. The average Bonchev–Trinajstić information content (AvgIpc) is 2.70. The molecule has 1 aliphatic heterocycles. The molecule has 1 heterocycles. The van der Waals surface area contributed by atoms with Gasteiger partial charge in [0.05, 0.1) is 11.2 Å². The zero-order valence-corrected chi connectivity index (χ0v) is 14.4. The van der Waals surface area contributed by atoms with Gasteiger partial charge >= 0.3 is 7.12 Å². The molecular formula is C19H23BO3. The second-order valence-corrected chi connectivity index (χ2v) is 7.23. The zero-order valence-electron chi connectivity index (χ0n) is 14.4. The van der Waals surface area contributed by atoms with Crippen molar-refractivity contribution in [3.8, 4) is 16.9 Å². The van der Waals surface area contributed by atoms with Crippen LogP contribution >= 0.6 is 0 Å². The van der Waals surface area contributed by atoms with Gasteiger partial charge in [-0.05, 0) is 57.8 Å². The molecule has 1 N–H and O–H groups in total. The SMILES string of the molecule is Cc1ccc(O)c(-c2cccc(B3OC(C)(C)C(C)(C)O3)c2)c1. The van der Waals surface area contributed by atoms with Crippen LogP contribution in [0.25, 0.3) is 11.1 Å². The summed E-state index contributed by atoms with van der Waals surface area (Å²) in [7, 11) is -0.396. The van der Waals surface area contributed by atoms with Crippen LogP contribution in [-0.2, 0) is 9.31 Å². The minimum Gasteiger partial charge on any atom is -0.507 e. The summed E-state index contributed by atoms with van der Waals surface area (Å²) in [5.74, 6) is 0.279. The number of hydrogen-bond acceptors (Lipinski definition) is 3. The minimum absolute atomic E-state index is 0.279. The van der Waals surface area contributed by atoms with Gasteiger partial charge in [-0.15, -0.1) is 0 Å². The standard InChI is InChI=1S/C19H23BO3/c1-13-9-10-17(21)16(11-13)14-7-6-8-15(12-14)20-22-18(2,3)19(4,5)23-20/h6-12,21H,1-5H3. The van der Waals surface area contributed by atoms with Gasteiger partial charge in [0.2, 0.25) is 0 Å². The van der Waals surface area contributed by atoms with Crippen molar-refractivity contribution in [1.82, 2.24) is 0 Å². The van der Waals surface area contributed by atoms with Crippen LogP contribution in [0.3, 0.4) is 0 Å². The topological polar surface area (TPSA) is 38.7 Å². The molecule has 0 radical (unpaired) electrons. The van der Waals surface area contributed by atoms with Crippen LogP contribution in [-0.4, -0.2) is 23.4 Å². The van der Waals surface area contributed by atoms with Gasteiger partial charge in [-0.1, -0.05) is 35.9 Å². The maximum Gasteiger partial charge on any atom is 0.494 e. The molecule has 0 unspecified atom stereocenters. The molecule has 1 fully saturated rings. The molecular weight excluding hydrogens is 287 g/mol. The van der Waals surface area contributed by atoms with E-state index in [1.54, 1.807) is 6.07 Å². The lowest BCUT2D eigenvalue weighted by atomic mass is 9.78. The summed E-state index contributed by atoms with van der Waals surface area (Å²) in [6, 6.07) is 13.6. The van der Waals surface area contributed by atoms with Crippen molar-refractivity contribution in [1.29, 1.82) is 0 Å². The van der Waals surface area contributed by atoms with Gasteiger partial charge in [-0.3, -0.25) is 0 Å². The molecule has 0 bridgehead atoms. The molecule has 2 aromatic rings. The highest BCUT2D eigenvalue weighted by atomic mass is 16.7. The Morgan fingerprint density at radius 3 is 2.22 bits per heavy atom. The Bertz CT molecular complexity index is 721. The summed E-state index contributed by atoms with van der Waals surface area (Å²) < 4.78 is 12.2. The van der Waals surface area contributed by atoms with E-state index in [1.807, 2.05) is 71.0 Å². The summed E-state index contributed by atoms with van der Waals surface area (Å²) >= 11 is 0. The molecule has 0 spiro atoms. The lowest BCUT2D eigenvalue weighted by molar-refractivity contribution is 0.00578. The Kier molecular flexibility index (Phi) is 3.78. The van der Waals surface area contributed by atoms with Crippen LogP contribution in [0, 0.1) is 6.92 Å². The van der Waals surface area contributed by atoms with E-state index in [2.05, 4.69) is 0 Å². The molecule has 3 rings (SSSR count). The maximum atomic E-state index is 10.1. The molecule has 23 heavy (non-hydrogen) atoms. The van der Waals surface area contributed by atoms with E-state index in [4.69, 9.17) is 9.31 Å². The molecule has 2 aromatic carbocycles. The number of phenols is 1. The summed E-state index contributed by atoms with van der Waals surface area (Å²) in [4.78, 5) is 0. The Hall–Kier alpha value is -1.78. The van der Waals surface area contributed by atoms with Crippen molar-refractivity contribution in [3.63, 3.8) is 0 Å². The van der Waals surface area contributed by atoms with Crippen LogP contribution in [0.2, 0.25) is 0 Å². The number of rotatable bonds is 2. The first-order valence-electron chi connectivity index (χ1n) is 7.95. The number of aromatic hydroxyl groups is 1. The minimum atomic E-state index is -0.396. The van der Waals surface area contributed by atoms with Crippen LogP contribution in [0.15, 0.2) is 42.5 Å². The van der Waals surface area contributed by atoms with E-state index in [9.17, 15) is 5.11 Å². The monoisotopic (exact) mass is 310 g/mol. The Morgan fingerprint density at radius 1 is 0.913 bits per heavy atom. The lowest BCUT2D eigenvalue weighted by Crippen LogP contribution is -2.41. The molecule has 1 aliphatic rings. The van der Waals surface area contributed by atoms with Gasteiger partial charge in [0, 0.05) is 5.56 Å².